The molecule has 16 heavy (non-hydrogen) atoms. The SMILES string of the molecule is CCC[C@H](N)c1cccc(C(F)(F)F)c1.Cl. The van der Waals surface area contributed by atoms with Gasteiger partial charge in [0.05, 0.1) is 5.56 Å². The van der Waals surface area contributed by atoms with Gasteiger partial charge >= 0.3 is 6.18 Å². The molecule has 1 rings (SSSR count). The molecule has 0 saturated heterocycles. The van der Waals surface area contributed by atoms with Gasteiger partial charge in [-0.3, -0.25) is 0 Å². The third kappa shape index (κ3) is 4.02. The molecule has 2 N–H and O–H groups in total. The van der Waals surface area contributed by atoms with Gasteiger partial charge in [0.25, 0.3) is 0 Å². The van der Waals surface area contributed by atoms with E-state index >= 15 is 0 Å². The maximum atomic E-state index is 12.4. The first-order valence-corrected chi connectivity index (χ1v) is 4.88. The quantitative estimate of drug-likeness (QED) is 0.868. The van der Waals surface area contributed by atoms with Crippen LogP contribution in [0.3, 0.4) is 0 Å². The standard InChI is InChI=1S/C11H14F3N.ClH/c1-2-4-10(15)8-5-3-6-9(7-8)11(12,13)14;/h3,5-7,10H,2,4,15H2,1H3;1H/t10-;/m0./s1. The van der Waals surface area contributed by atoms with Gasteiger partial charge in [-0.05, 0) is 24.1 Å². The number of nitrogens with two attached hydrogens (primary N) is 1. The van der Waals surface area contributed by atoms with Crippen LogP contribution in [0.2, 0.25) is 0 Å². The van der Waals surface area contributed by atoms with Crippen LogP contribution in [0.25, 0.3) is 0 Å². The fourth-order valence-electron chi connectivity index (χ4n) is 1.42. The lowest BCUT2D eigenvalue weighted by Crippen LogP contribution is -2.12. The molecule has 0 bridgehead atoms. The number of benzene rings is 1. The summed E-state index contributed by atoms with van der Waals surface area (Å²) in [4.78, 5) is 0. The summed E-state index contributed by atoms with van der Waals surface area (Å²) in [5.74, 6) is 0. The van der Waals surface area contributed by atoms with E-state index in [4.69, 9.17) is 5.73 Å². The minimum absolute atomic E-state index is 0. The molecular weight excluding hydrogens is 239 g/mol. The highest BCUT2D eigenvalue weighted by atomic mass is 35.5. The molecule has 0 aliphatic carbocycles. The first kappa shape index (κ1) is 15.3. The predicted molar refractivity (Wildman–Crippen MR) is 60.5 cm³/mol. The monoisotopic (exact) mass is 253 g/mol. The Hall–Kier alpha value is -0.740. The maximum absolute atomic E-state index is 12.4. The normalized spacial score (nSPS) is 13.1. The lowest BCUT2D eigenvalue weighted by molar-refractivity contribution is -0.137. The zero-order valence-corrected chi connectivity index (χ0v) is 9.74. The topological polar surface area (TPSA) is 26.0 Å². The molecule has 1 atom stereocenters. The molecule has 0 saturated carbocycles. The molecule has 0 spiro atoms. The van der Waals surface area contributed by atoms with Crippen LogP contribution in [0.1, 0.15) is 36.9 Å². The van der Waals surface area contributed by atoms with E-state index in [1.54, 1.807) is 6.07 Å². The van der Waals surface area contributed by atoms with Crippen LogP contribution >= 0.6 is 12.4 Å². The van der Waals surface area contributed by atoms with Gasteiger partial charge in [-0.15, -0.1) is 12.4 Å². The summed E-state index contributed by atoms with van der Waals surface area (Å²) in [5.41, 5.74) is 5.67. The highest BCUT2D eigenvalue weighted by Gasteiger charge is 2.30. The van der Waals surface area contributed by atoms with Gasteiger partial charge in [-0.25, -0.2) is 0 Å². The predicted octanol–water partition coefficient (Wildman–Crippen LogP) is 3.93. The van der Waals surface area contributed by atoms with Crippen LogP contribution in [0, 0.1) is 0 Å². The second-order valence-electron chi connectivity index (χ2n) is 3.52. The van der Waals surface area contributed by atoms with E-state index < -0.39 is 11.7 Å². The van der Waals surface area contributed by atoms with Crippen molar-refractivity contribution in [2.75, 3.05) is 0 Å². The van der Waals surface area contributed by atoms with Crippen molar-refractivity contribution in [1.29, 1.82) is 0 Å². The fraction of sp³-hybridized carbons (Fsp3) is 0.455. The zero-order valence-electron chi connectivity index (χ0n) is 8.92. The van der Waals surface area contributed by atoms with Gasteiger partial charge in [-0.2, -0.15) is 13.2 Å². The Labute approximate surface area is 99.2 Å². The Morgan fingerprint density at radius 2 is 1.94 bits per heavy atom. The van der Waals surface area contributed by atoms with E-state index in [9.17, 15) is 13.2 Å². The van der Waals surface area contributed by atoms with Crippen LogP contribution in [-0.4, -0.2) is 0 Å². The summed E-state index contributed by atoms with van der Waals surface area (Å²) in [6, 6.07) is 4.91. The van der Waals surface area contributed by atoms with Crippen molar-refractivity contribution in [1.82, 2.24) is 0 Å². The van der Waals surface area contributed by atoms with Crippen molar-refractivity contribution >= 4 is 12.4 Å². The molecule has 0 fully saturated rings. The van der Waals surface area contributed by atoms with Crippen LogP contribution < -0.4 is 5.73 Å². The van der Waals surface area contributed by atoms with E-state index in [0.29, 0.717) is 12.0 Å². The van der Waals surface area contributed by atoms with E-state index in [-0.39, 0.29) is 18.4 Å². The molecule has 0 heterocycles. The fourth-order valence-corrected chi connectivity index (χ4v) is 1.42. The zero-order chi connectivity index (χ0) is 11.5. The summed E-state index contributed by atoms with van der Waals surface area (Å²) >= 11 is 0. The number of hydrogen-bond acceptors (Lipinski definition) is 1. The van der Waals surface area contributed by atoms with Gasteiger partial charge in [0.2, 0.25) is 0 Å². The van der Waals surface area contributed by atoms with Crippen molar-refractivity contribution in [3.8, 4) is 0 Å². The summed E-state index contributed by atoms with van der Waals surface area (Å²) in [5, 5.41) is 0. The minimum Gasteiger partial charge on any atom is -0.324 e. The second kappa shape index (κ2) is 6.11. The smallest absolute Gasteiger partial charge is 0.324 e. The van der Waals surface area contributed by atoms with Gasteiger partial charge < -0.3 is 5.73 Å². The number of hydrogen-bond donors (Lipinski definition) is 1. The molecule has 5 heteroatoms. The van der Waals surface area contributed by atoms with E-state index in [2.05, 4.69) is 0 Å². The Morgan fingerprint density at radius 1 is 1.31 bits per heavy atom. The first-order valence-electron chi connectivity index (χ1n) is 4.88. The van der Waals surface area contributed by atoms with Crippen LogP contribution in [0.15, 0.2) is 24.3 Å². The Kier molecular flexibility index (Phi) is 5.83. The van der Waals surface area contributed by atoms with Gasteiger partial charge in [-0.1, -0.05) is 25.5 Å². The molecule has 0 unspecified atom stereocenters. The number of rotatable bonds is 3. The third-order valence-electron chi connectivity index (χ3n) is 2.24. The van der Waals surface area contributed by atoms with Gasteiger partial charge in [0.1, 0.15) is 0 Å². The average molecular weight is 254 g/mol. The number of halogens is 4. The number of alkyl halides is 3. The van der Waals surface area contributed by atoms with Crippen molar-refractivity contribution in [3.05, 3.63) is 35.4 Å². The van der Waals surface area contributed by atoms with Crippen LogP contribution in [-0.2, 0) is 6.18 Å². The summed E-state index contributed by atoms with van der Waals surface area (Å²) in [7, 11) is 0. The Balaban J connectivity index is 0.00000225. The molecular formula is C11H15ClF3N. The van der Waals surface area contributed by atoms with E-state index in [0.717, 1.165) is 18.6 Å². The van der Waals surface area contributed by atoms with Gasteiger partial charge in [0, 0.05) is 6.04 Å². The summed E-state index contributed by atoms with van der Waals surface area (Å²) in [6.07, 6.45) is -2.74. The lowest BCUT2D eigenvalue weighted by atomic mass is 10.0. The van der Waals surface area contributed by atoms with E-state index in [1.165, 1.54) is 6.07 Å². The molecule has 0 aromatic heterocycles. The van der Waals surface area contributed by atoms with Crippen molar-refractivity contribution in [2.24, 2.45) is 5.73 Å². The maximum Gasteiger partial charge on any atom is 0.416 e. The lowest BCUT2D eigenvalue weighted by Gasteiger charge is -2.13. The molecule has 0 radical (unpaired) electrons. The van der Waals surface area contributed by atoms with Crippen LogP contribution in [0.4, 0.5) is 13.2 Å². The second-order valence-corrected chi connectivity index (χ2v) is 3.52. The molecule has 1 nitrogen and oxygen atoms in total. The van der Waals surface area contributed by atoms with Crippen molar-refractivity contribution in [3.63, 3.8) is 0 Å². The Bertz CT molecular complexity index is 325. The molecule has 0 amide bonds. The van der Waals surface area contributed by atoms with Crippen molar-refractivity contribution < 1.29 is 13.2 Å². The first-order chi connectivity index (χ1) is 6.95. The molecule has 1 aromatic rings. The highest BCUT2D eigenvalue weighted by Crippen LogP contribution is 2.30. The van der Waals surface area contributed by atoms with Crippen LogP contribution in [0.5, 0.6) is 0 Å². The van der Waals surface area contributed by atoms with Gasteiger partial charge in [0.15, 0.2) is 0 Å². The largest absolute Gasteiger partial charge is 0.416 e. The Morgan fingerprint density at radius 3 is 2.44 bits per heavy atom. The molecule has 0 aliphatic rings. The molecule has 0 aliphatic heterocycles. The third-order valence-corrected chi connectivity index (χ3v) is 2.24. The molecule has 92 valence electrons. The highest BCUT2D eigenvalue weighted by molar-refractivity contribution is 5.85. The molecule has 1 aromatic carbocycles. The summed E-state index contributed by atoms with van der Waals surface area (Å²) in [6.45, 7) is 1.95. The van der Waals surface area contributed by atoms with Crippen molar-refractivity contribution in [2.45, 2.75) is 32.0 Å². The summed E-state index contributed by atoms with van der Waals surface area (Å²) < 4.78 is 37.1. The minimum atomic E-state index is -4.29. The van der Waals surface area contributed by atoms with E-state index in [1.807, 2.05) is 6.92 Å². The average Bonchev–Trinajstić information content (AvgIpc) is 2.17.